The molecule has 142 valence electrons. The van der Waals surface area contributed by atoms with Gasteiger partial charge in [0.25, 0.3) is 11.8 Å². The van der Waals surface area contributed by atoms with E-state index in [1.165, 1.54) is 0 Å². The zero-order valence-electron chi connectivity index (χ0n) is 15.6. The van der Waals surface area contributed by atoms with Gasteiger partial charge in [0.15, 0.2) is 6.61 Å². The molecule has 5 nitrogen and oxygen atoms in total. The van der Waals surface area contributed by atoms with E-state index in [1.54, 1.807) is 36.4 Å². The maximum absolute atomic E-state index is 12.6. The summed E-state index contributed by atoms with van der Waals surface area (Å²) in [6, 6.07) is 25.6. The summed E-state index contributed by atoms with van der Waals surface area (Å²) in [6.07, 6.45) is 0. The van der Waals surface area contributed by atoms with Crippen LogP contribution in [0.5, 0.6) is 5.75 Å². The van der Waals surface area contributed by atoms with Crippen LogP contribution in [0, 0.1) is 0 Å². The Hall–Kier alpha value is -3.60. The predicted octanol–water partition coefficient (Wildman–Crippen LogP) is 4.20. The summed E-state index contributed by atoms with van der Waals surface area (Å²) in [4.78, 5) is 24.8. The van der Waals surface area contributed by atoms with Crippen molar-refractivity contribution in [1.82, 2.24) is 5.32 Å². The van der Waals surface area contributed by atoms with Crippen LogP contribution >= 0.6 is 0 Å². The zero-order chi connectivity index (χ0) is 19.8. The van der Waals surface area contributed by atoms with E-state index >= 15 is 0 Å². The molecule has 0 radical (unpaired) electrons. The third-order valence-corrected chi connectivity index (χ3v) is 4.20. The molecule has 2 amide bonds. The number of hydrogen-bond donors (Lipinski definition) is 2. The van der Waals surface area contributed by atoms with Crippen LogP contribution in [0.1, 0.15) is 28.9 Å². The number of carbonyl (C=O) groups excluding carboxylic acids is 2. The number of ether oxygens (including phenoxy) is 1. The van der Waals surface area contributed by atoms with Crippen molar-refractivity contribution in [1.29, 1.82) is 0 Å². The molecular formula is C23H22N2O3. The van der Waals surface area contributed by atoms with Gasteiger partial charge in [-0.2, -0.15) is 0 Å². The summed E-state index contributed by atoms with van der Waals surface area (Å²) in [7, 11) is 0. The van der Waals surface area contributed by atoms with Gasteiger partial charge in [-0.1, -0.05) is 60.7 Å². The topological polar surface area (TPSA) is 67.4 Å². The van der Waals surface area contributed by atoms with Gasteiger partial charge >= 0.3 is 0 Å². The number of benzene rings is 3. The number of hydrogen-bond acceptors (Lipinski definition) is 3. The van der Waals surface area contributed by atoms with E-state index in [-0.39, 0.29) is 24.5 Å². The Kier molecular flexibility index (Phi) is 6.41. The Labute approximate surface area is 164 Å². The lowest BCUT2D eigenvalue weighted by atomic mass is 10.1. The minimum atomic E-state index is -0.292. The lowest BCUT2D eigenvalue weighted by Gasteiger charge is -2.15. The van der Waals surface area contributed by atoms with Crippen LogP contribution in [0.25, 0.3) is 0 Å². The maximum atomic E-state index is 12.6. The Morgan fingerprint density at radius 1 is 0.857 bits per heavy atom. The van der Waals surface area contributed by atoms with E-state index in [9.17, 15) is 9.59 Å². The Balaban J connectivity index is 1.60. The van der Waals surface area contributed by atoms with Crippen molar-refractivity contribution in [3.63, 3.8) is 0 Å². The summed E-state index contributed by atoms with van der Waals surface area (Å²) in [5.41, 5.74) is 2.07. The van der Waals surface area contributed by atoms with E-state index in [0.29, 0.717) is 17.0 Å². The summed E-state index contributed by atoms with van der Waals surface area (Å²) in [5, 5.41) is 5.71. The van der Waals surface area contributed by atoms with Crippen LogP contribution in [0.4, 0.5) is 5.69 Å². The summed E-state index contributed by atoms with van der Waals surface area (Å²) < 4.78 is 5.62. The average molecular weight is 374 g/mol. The molecule has 0 aliphatic rings. The lowest BCUT2D eigenvalue weighted by Crippen LogP contribution is -2.31. The second kappa shape index (κ2) is 9.37. The minimum Gasteiger partial charge on any atom is -0.483 e. The zero-order valence-corrected chi connectivity index (χ0v) is 15.6. The Morgan fingerprint density at radius 2 is 1.46 bits per heavy atom. The third kappa shape index (κ3) is 5.20. The van der Waals surface area contributed by atoms with Crippen molar-refractivity contribution in [2.75, 3.05) is 11.9 Å². The molecule has 0 aliphatic heterocycles. The number of para-hydroxylation sites is 2. The number of amides is 2. The quantitative estimate of drug-likeness (QED) is 0.651. The van der Waals surface area contributed by atoms with Crippen LogP contribution in [0.3, 0.4) is 0 Å². The third-order valence-electron chi connectivity index (χ3n) is 4.20. The molecule has 0 heterocycles. The first-order valence-electron chi connectivity index (χ1n) is 9.06. The summed E-state index contributed by atoms with van der Waals surface area (Å²) in [6.45, 7) is 1.74. The smallest absolute Gasteiger partial charge is 0.259 e. The molecule has 3 rings (SSSR count). The standard InChI is InChI=1S/C23H22N2O3/c1-17(18-10-4-2-5-11-18)24-22(26)16-28-21-15-9-8-14-20(21)23(27)25-19-12-6-3-7-13-19/h2-15,17H,16H2,1H3,(H,24,26)(H,25,27). The highest BCUT2D eigenvalue weighted by Gasteiger charge is 2.15. The first kappa shape index (κ1) is 19.2. The van der Waals surface area contributed by atoms with Gasteiger partial charge in [-0.25, -0.2) is 0 Å². The van der Waals surface area contributed by atoms with Gasteiger partial charge < -0.3 is 15.4 Å². The molecule has 28 heavy (non-hydrogen) atoms. The number of nitrogens with one attached hydrogen (secondary N) is 2. The largest absolute Gasteiger partial charge is 0.483 e. The highest BCUT2D eigenvalue weighted by Crippen LogP contribution is 2.20. The van der Waals surface area contributed by atoms with Gasteiger partial charge in [-0.05, 0) is 36.8 Å². The monoisotopic (exact) mass is 374 g/mol. The SMILES string of the molecule is CC(NC(=O)COc1ccccc1C(=O)Nc1ccccc1)c1ccccc1. The normalized spacial score (nSPS) is 11.3. The Morgan fingerprint density at radius 3 is 2.18 bits per heavy atom. The molecule has 5 heteroatoms. The fourth-order valence-corrected chi connectivity index (χ4v) is 2.75. The fourth-order valence-electron chi connectivity index (χ4n) is 2.75. The van der Waals surface area contributed by atoms with Gasteiger partial charge in [0, 0.05) is 5.69 Å². The van der Waals surface area contributed by atoms with E-state index in [2.05, 4.69) is 10.6 Å². The van der Waals surface area contributed by atoms with Crippen LogP contribution in [-0.4, -0.2) is 18.4 Å². The Bertz CT molecular complexity index is 927. The molecule has 0 saturated carbocycles. The molecule has 2 N–H and O–H groups in total. The predicted molar refractivity (Wildman–Crippen MR) is 109 cm³/mol. The molecule has 0 spiro atoms. The first-order valence-corrected chi connectivity index (χ1v) is 9.06. The maximum Gasteiger partial charge on any atom is 0.259 e. The van der Waals surface area contributed by atoms with Crippen molar-refractivity contribution in [3.8, 4) is 5.75 Å². The van der Waals surface area contributed by atoms with E-state index in [0.717, 1.165) is 5.56 Å². The molecule has 1 atom stereocenters. The van der Waals surface area contributed by atoms with Gasteiger partial charge in [0.05, 0.1) is 11.6 Å². The van der Waals surface area contributed by atoms with Gasteiger partial charge in [0.1, 0.15) is 5.75 Å². The van der Waals surface area contributed by atoms with Crippen LogP contribution in [-0.2, 0) is 4.79 Å². The van der Waals surface area contributed by atoms with E-state index in [1.807, 2.05) is 55.5 Å². The molecule has 0 bridgehead atoms. The molecule has 0 fully saturated rings. The molecule has 3 aromatic carbocycles. The van der Waals surface area contributed by atoms with Crippen molar-refractivity contribution >= 4 is 17.5 Å². The average Bonchev–Trinajstić information content (AvgIpc) is 2.74. The highest BCUT2D eigenvalue weighted by atomic mass is 16.5. The molecule has 1 unspecified atom stereocenters. The van der Waals surface area contributed by atoms with Crippen LogP contribution in [0.15, 0.2) is 84.9 Å². The second-order valence-corrected chi connectivity index (χ2v) is 6.30. The second-order valence-electron chi connectivity index (χ2n) is 6.30. The van der Waals surface area contributed by atoms with E-state index < -0.39 is 0 Å². The molecule has 0 saturated heterocycles. The lowest BCUT2D eigenvalue weighted by molar-refractivity contribution is -0.123. The number of carbonyl (C=O) groups is 2. The number of rotatable bonds is 7. The van der Waals surface area contributed by atoms with Crippen molar-refractivity contribution in [3.05, 3.63) is 96.1 Å². The minimum absolute atomic E-state index is 0.131. The van der Waals surface area contributed by atoms with Gasteiger partial charge in [-0.15, -0.1) is 0 Å². The van der Waals surface area contributed by atoms with E-state index in [4.69, 9.17) is 4.74 Å². The summed E-state index contributed by atoms with van der Waals surface area (Å²) >= 11 is 0. The van der Waals surface area contributed by atoms with Crippen molar-refractivity contribution < 1.29 is 14.3 Å². The number of anilines is 1. The fraction of sp³-hybridized carbons (Fsp3) is 0.130. The summed E-state index contributed by atoms with van der Waals surface area (Å²) in [5.74, 6) is -0.187. The van der Waals surface area contributed by atoms with Crippen molar-refractivity contribution in [2.45, 2.75) is 13.0 Å². The molecule has 0 aliphatic carbocycles. The molecule has 0 aromatic heterocycles. The van der Waals surface area contributed by atoms with Crippen LogP contribution in [0.2, 0.25) is 0 Å². The highest BCUT2D eigenvalue weighted by molar-refractivity contribution is 6.06. The molecule has 3 aromatic rings. The van der Waals surface area contributed by atoms with Crippen LogP contribution < -0.4 is 15.4 Å². The molecular weight excluding hydrogens is 352 g/mol. The van der Waals surface area contributed by atoms with Crippen molar-refractivity contribution in [2.24, 2.45) is 0 Å². The van der Waals surface area contributed by atoms with Gasteiger partial charge in [0.2, 0.25) is 0 Å². The van der Waals surface area contributed by atoms with Gasteiger partial charge in [-0.3, -0.25) is 9.59 Å². The first-order chi connectivity index (χ1) is 13.6.